The van der Waals surface area contributed by atoms with E-state index >= 15 is 0 Å². The Morgan fingerprint density at radius 1 is 1.41 bits per heavy atom. The number of hydrogen-bond donors (Lipinski definition) is 1. The van der Waals surface area contributed by atoms with Gasteiger partial charge in [-0.25, -0.2) is 0 Å². The Hall–Kier alpha value is -1.81. The molecule has 1 aromatic carbocycles. The molecule has 1 aromatic rings. The Kier molecular flexibility index (Phi) is 6.01. The zero-order chi connectivity index (χ0) is 15.9. The van der Waals surface area contributed by atoms with E-state index in [4.69, 9.17) is 4.74 Å². The summed E-state index contributed by atoms with van der Waals surface area (Å²) in [5.74, 6) is 1.13. The predicted molar refractivity (Wildman–Crippen MR) is 88.9 cm³/mol. The van der Waals surface area contributed by atoms with Crippen LogP contribution in [0.5, 0.6) is 5.75 Å². The standard InChI is InChI=1S/C18H26N2O2/c1-20(2)17(15-10-7-11-16(12-15)22-3)13-19-18(21)14-8-5-4-6-9-14/h4-5,7,10-12,14,17H,6,8-9,13H2,1-3H3,(H,19,21). The van der Waals surface area contributed by atoms with Crippen LogP contribution in [-0.4, -0.2) is 38.6 Å². The van der Waals surface area contributed by atoms with Crippen LogP contribution in [0.4, 0.5) is 0 Å². The number of ether oxygens (including phenoxy) is 1. The first-order chi connectivity index (χ1) is 10.6. The van der Waals surface area contributed by atoms with Gasteiger partial charge in [-0.05, 0) is 51.1 Å². The summed E-state index contributed by atoms with van der Waals surface area (Å²) in [5, 5.41) is 3.11. The molecular weight excluding hydrogens is 276 g/mol. The summed E-state index contributed by atoms with van der Waals surface area (Å²) in [7, 11) is 5.72. The minimum atomic E-state index is 0.123. The van der Waals surface area contributed by atoms with Crippen LogP contribution in [0.15, 0.2) is 36.4 Å². The molecule has 1 N–H and O–H groups in total. The number of nitrogens with one attached hydrogen (secondary N) is 1. The van der Waals surface area contributed by atoms with Crippen molar-refractivity contribution in [1.29, 1.82) is 0 Å². The third-order valence-corrected chi connectivity index (χ3v) is 4.21. The topological polar surface area (TPSA) is 41.6 Å². The number of likely N-dealkylation sites (N-methyl/N-ethyl adjacent to an activating group) is 1. The van der Waals surface area contributed by atoms with Crippen molar-refractivity contribution in [2.24, 2.45) is 5.92 Å². The molecular formula is C18H26N2O2. The molecule has 120 valence electrons. The number of benzene rings is 1. The summed E-state index contributed by atoms with van der Waals surface area (Å²) in [5.41, 5.74) is 1.15. The molecule has 2 atom stereocenters. The minimum Gasteiger partial charge on any atom is -0.497 e. The molecule has 2 unspecified atom stereocenters. The molecule has 0 heterocycles. The highest BCUT2D eigenvalue weighted by atomic mass is 16.5. The number of nitrogens with zero attached hydrogens (tertiary/aromatic N) is 1. The maximum atomic E-state index is 12.3. The van der Waals surface area contributed by atoms with Crippen LogP contribution in [0, 0.1) is 5.92 Å². The van der Waals surface area contributed by atoms with Gasteiger partial charge in [-0.15, -0.1) is 0 Å². The molecule has 0 saturated carbocycles. The maximum absolute atomic E-state index is 12.3. The van der Waals surface area contributed by atoms with E-state index in [-0.39, 0.29) is 17.9 Å². The van der Waals surface area contributed by atoms with Crippen molar-refractivity contribution in [2.45, 2.75) is 25.3 Å². The summed E-state index contributed by atoms with van der Waals surface area (Å²) in [6.45, 7) is 0.610. The lowest BCUT2D eigenvalue weighted by atomic mass is 9.93. The summed E-state index contributed by atoms with van der Waals surface area (Å²) in [6.07, 6.45) is 7.08. The lowest BCUT2D eigenvalue weighted by molar-refractivity contribution is -0.125. The zero-order valence-electron chi connectivity index (χ0n) is 13.7. The third-order valence-electron chi connectivity index (χ3n) is 4.21. The Balaban J connectivity index is 1.99. The van der Waals surface area contributed by atoms with Crippen molar-refractivity contribution in [3.63, 3.8) is 0 Å². The summed E-state index contributed by atoms with van der Waals surface area (Å²) in [4.78, 5) is 14.4. The van der Waals surface area contributed by atoms with Gasteiger partial charge in [0.1, 0.15) is 5.75 Å². The average Bonchev–Trinajstić information content (AvgIpc) is 2.55. The first kappa shape index (κ1) is 16.6. The second-order valence-electron chi connectivity index (χ2n) is 5.98. The molecule has 1 amide bonds. The van der Waals surface area contributed by atoms with Crippen LogP contribution in [0.3, 0.4) is 0 Å². The fourth-order valence-corrected chi connectivity index (χ4v) is 2.82. The Morgan fingerprint density at radius 3 is 2.86 bits per heavy atom. The number of methoxy groups -OCH3 is 1. The molecule has 4 nitrogen and oxygen atoms in total. The van der Waals surface area contributed by atoms with E-state index < -0.39 is 0 Å². The lowest BCUT2D eigenvalue weighted by Crippen LogP contribution is -2.38. The predicted octanol–water partition coefficient (Wildman–Crippen LogP) is 2.77. The fraction of sp³-hybridized carbons (Fsp3) is 0.500. The molecule has 2 rings (SSSR count). The van der Waals surface area contributed by atoms with Gasteiger partial charge in [0.05, 0.1) is 13.2 Å². The molecule has 22 heavy (non-hydrogen) atoms. The molecule has 0 spiro atoms. The first-order valence-corrected chi connectivity index (χ1v) is 7.85. The number of carbonyl (C=O) groups excluding carboxylic acids is 1. The number of amides is 1. The molecule has 0 bridgehead atoms. The molecule has 0 aliphatic heterocycles. The van der Waals surface area contributed by atoms with Gasteiger partial charge in [0.2, 0.25) is 5.91 Å². The summed E-state index contributed by atoms with van der Waals surface area (Å²) in [6, 6.07) is 8.16. The highest BCUT2D eigenvalue weighted by Gasteiger charge is 2.21. The molecule has 0 saturated heterocycles. The van der Waals surface area contributed by atoms with Gasteiger partial charge in [0.25, 0.3) is 0 Å². The monoisotopic (exact) mass is 302 g/mol. The zero-order valence-corrected chi connectivity index (χ0v) is 13.7. The van der Waals surface area contributed by atoms with Gasteiger partial charge < -0.3 is 15.0 Å². The van der Waals surface area contributed by atoms with Gasteiger partial charge in [-0.3, -0.25) is 4.79 Å². The van der Waals surface area contributed by atoms with Crippen molar-refractivity contribution in [3.8, 4) is 5.75 Å². The average molecular weight is 302 g/mol. The van der Waals surface area contributed by atoms with Gasteiger partial charge in [-0.1, -0.05) is 24.3 Å². The van der Waals surface area contributed by atoms with Crippen molar-refractivity contribution >= 4 is 5.91 Å². The quantitative estimate of drug-likeness (QED) is 0.822. The maximum Gasteiger partial charge on any atom is 0.223 e. The van der Waals surface area contributed by atoms with E-state index in [1.807, 2.05) is 32.3 Å². The van der Waals surface area contributed by atoms with Crippen LogP contribution >= 0.6 is 0 Å². The van der Waals surface area contributed by atoms with Crippen LogP contribution < -0.4 is 10.1 Å². The largest absolute Gasteiger partial charge is 0.497 e. The molecule has 1 aliphatic carbocycles. The van der Waals surface area contributed by atoms with Crippen molar-refractivity contribution in [3.05, 3.63) is 42.0 Å². The van der Waals surface area contributed by atoms with Gasteiger partial charge in [0.15, 0.2) is 0 Å². The van der Waals surface area contributed by atoms with Gasteiger partial charge >= 0.3 is 0 Å². The lowest BCUT2D eigenvalue weighted by Gasteiger charge is -2.26. The van der Waals surface area contributed by atoms with Gasteiger partial charge in [0, 0.05) is 12.5 Å². The van der Waals surface area contributed by atoms with E-state index in [2.05, 4.69) is 28.4 Å². The smallest absolute Gasteiger partial charge is 0.223 e. The molecule has 0 fully saturated rings. The SMILES string of the molecule is COc1cccc(C(CNC(=O)C2CC=CCC2)N(C)C)c1. The van der Waals surface area contributed by atoms with Crippen LogP contribution in [-0.2, 0) is 4.79 Å². The minimum absolute atomic E-state index is 0.123. The number of carbonyl (C=O) groups is 1. The van der Waals surface area contributed by atoms with Crippen LogP contribution in [0.2, 0.25) is 0 Å². The highest BCUT2D eigenvalue weighted by Crippen LogP contribution is 2.23. The van der Waals surface area contributed by atoms with Crippen molar-refractivity contribution in [1.82, 2.24) is 10.2 Å². The van der Waals surface area contributed by atoms with Crippen LogP contribution in [0.1, 0.15) is 30.9 Å². The normalized spacial score (nSPS) is 19.0. The van der Waals surface area contributed by atoms with E-state index in [9.17, 15) is 4.79 Å². The van der Waals surface area contributed by atoms with E-state index in [1.54, 1.807) is 7.11 Å². The molecule has 4 heteroatoms. The number of hydrogen-bond acceptors (Lipinski definition) is 3. The number of allylic oxidation sites excluding steroid dienone is 2. The Labute approximate surface area is 133 Å². The fourth-order valence-electron chi connectivity index (χ4n) is 2.82. The summed E-state index contributed by atoms with van der Waals surface area (Å²) < 4.78 is 5.29. The summed E-state index contributed by atoms with van der Waals surface area (Å²) >= 11 is 0. The second-order valence-corrected chi connectivity index (χ2v) is 5.98. The molecule has 1 aliphatic rings. The number of rotatable bonds is 6. The first-order valence-electron chi connectivity index (χ1n) is 7.85. The van der Waals surface area contributed by atoms with Crippen LogP contribution in [0.25, 0.3) is 0 Å². The van der Waals surface area contributed by atoms with E-state index in [0.29, 0.717) is 6.54 Å². The molecule has 0 radical (unpaired) electrons. The second kappa shape index (κ2) is 7.99. The Bertz CT molecular complexity index is 526. The van der Waals surface area contributed by atoms with E-state index in [1.165, 1.54) is 0 Å². The van der Waals surface area contributed by atoms with Crippen molar-refractivity contribution in [2.75, 3.05) is 27.7 Å². The molecule has 0 aromatic heterocycles. The Morgan fingerprint density at radius 2 is 2.23 bits per heavy atom. The van der Waals surface area contributed by atoms with Gasteiger partial charge in [-0.2, -0.15) is 0 Å². The van der Waals surface area contributed by atoms with E-state index in [0.717, 1.165) is 30.6 Å². The van der Waals surface area contributed by atoms with Crippen molar-refractivity contribution < 1.29 is 9.53 Å². The third kappa shape index (κ3) is 4.34. The highest BCUT2D eigenvalue weighted by molar-refractivity contribution is 5.79.